The van der Waals surface area contributed by atoms with E-state index in [2.05, 4.69) is 24.5 Å². The van der Waals surface area contributed by atoms with Crippen molar-refractivity contribution in [1.82, 2.24) is 10.6 Å². The zero-order chi connectivity index (χ0) is 13.9. The Morgan fingerprint density at radius 2 is 2.11 bits per heavy atom. The van der Waals surface area contributed by atoms with E-state index < -0.39 is 5.41 Å². The smallest absolute Gasteiger partial charge is 0.229 e. The Bertz CT molecular complexity index is 445. The molecular formula is C14H22N2O2S. The van der Waals surface area contributed by atoms with Gasteiger partial charge in [0.2, 0.25) is 5.91 Å². The Hall–Kier alpha value is -0.550. The van der Waals surface area contributed by atoms with Gasteiger partial charge in [-0.2, -0.15) is 0 Å². The summed E-state index contributed by atoms with van der Waals surface area (Å²) in [6, 6.07) is 0. The summed E-state index contributed by atoms with van der Waals surface area (Å²) in [7, 11) is 0. The van der Waals surface area contributed by atoms with Crippen LogP contribution in [0.1, 0.15) is 40.0 Å². The first-order valence-electron chi connectivity index (χ1n) is 7.03. The van der Waals surface area contributed by atoms with Gasteiger partial charge in [0, 0.05) is 24.1 Å². The maximum atomic E-state index is 12.8. The maximum Gasteiger partial charge on any atom is 0.229 e. The van der Waals surface area contributed by atoms with Gasteiger partial charge in [-0.1, -0.05) is 20.8 Å². The van der Waals surface area contributed by atoms with E-state index in [1.165, 1.54) is 0 Å². The van der Waals surface area contributed by atoms with Crippen molar-refractivity contribution < 1.29 is 9.59 Å². The molecule has 3 unspecified atom stereocenters. The predicted molar refractivity (Wildman–Crippen MR) is 75.6 cm³/mol. The van der Waals surface area contributed by atoms with Gasteiger partial charge in [0.15, 0.2) is 0 Å². The number of carbonyl (C=O) groups is 2. The summed E-state index contributed by atoms with van der Waals surface area (Å²) in [5.74, 6) is 1.36. The average molecular weight is 282 g/mol. The molecule has 3 atom stereocenters. The van der Waals surface area contributed by atoms with Gasteiger partial charge in [-0.05, 0) is 18.3 Å². The molecule has 3 fully saturated rings. The summed E-state index contributed by atoms with van der Waals surface area (Å²) in [5.41, 5.74) is -1.05. The molecule has 2 N–H and O–H groups in total. The van der Waals surface area contributed by atoms with E-state index in [1.54, 1.807) is 11.8 Å². The molecule has 19 heavy (non-hydrogen) atoms. The predicted octanol–water partition coefficient (Wildman–Crippen LogP) is 1.51. The Balaban J connectivity index is 1.87. The van der Waals surface area contributed by atoms with Crippen LogP contribution < -0.4 is 10.6 Å². The molecule has 1 heterocycles. The molecule has 0 spiro atoms. The summed E-state index contributed by atoms with van der Waals surface area (Å²) in [6.07, 6.45) is 2.10. The lowest BCUT2D eigenvalue weighted by Crippen LogP contribution is -2.51. The topological polar surface area (TPSA) is 58.2 Å². The normalized spacial score (nSPS) is 43.7. The number of carbonyl (C=O) groups excluding carboxylic acids is 2. The van der Waals surface area contributed by atoms with Gasteiger partial charge in [-0.3, -0.25) is 14.9 Å². The number of thioether (sulfide) groups is 1. The second-order valence-electron chi connectivity index (χ2n) is 6.82. The first kappa shape index (κ1) is 13.4. The molecule has 1 aliphatic heterocycles. The van der Waals surface area contributed by atoms with Crippen molar-refractivity contribution in [3.8, 4) is 0 Å². The van der Waals surface area contributed by atoms with Crippen LogP contribution in [0.3, 0.4) is 0 Å². The molecule has 0 aromatic heterocycles. The first-order chi connectivity index (χ1) is 8.83. The molecule has 3 aliphatic rings. The number of amides is 1. The minimum absolute atomic E-state index is 0.0141. The quantitative estimate of drug-likeness (QED) is 0.806. The number of fused-ring (bicyclic) bond motifs is 2. The largest absolute Gasteiger partial charge is 0.331 e. The van der Waals surface area contributed by atoms with Crippen molar-refractivity contribution >= 4 is 23.5 Å². The van der Waals surface area contributed by atoms with E-state index in [0.717, 1.165) is 25.1 Å². The minimum Gasteiger partial charge on any atom is -0.331 e. The fraction of sp³-hybridized carbons (Fsp3) is 0.857. The molecule has 0 aromatic carbocycles. The second-order valence-corrected chi connectivity index (χ2v) is 8.03. The van der Waals surface area contributed by atoms with Crippen molar-refractivity contribution in [2.75, 3.05) is 12.3 Å². The molecule has 1 saturated heterocycles. The average Bonchev–Trinajstić information content (AvgIpc) is 2.94. The molecule has 3 rings (SSSR count). The zero-order valence-corrected chi connectivity index (χ0v) is 12.7. The molecule has 2 bridgehead atoms. The lowest BCUT2D eigenvalue weighted by Gasteiger charge is -2.39. The molecule has 2 saturated carbocycles. The Morgan fingerprint density at radius 1 is 1.37 bits per heavy atom. The van der Waals surface area contributed by atoms with Gasteiger partial charge in [-0.25, -0.2) is 0 Å². The van der Waals surface area contributed by atoms with Crippen LogP contribution in [0.15, 0.2) is 0 Å². The van der Waals surface area contributed by atoms with Crippen molar-refractivity contribution in [2.45, 2.75) is 45.5 Å². The van der Waals surface area contributed by atoms with Crippen LogP contribution in [-0.4, -0.2) is 29.5 Å². The van der Waals surface area contributed by atoms with E-state index in [-0.39, 0.29) is 28.0 Å². The molecule has 5 heteroatoms. The fourth-order valence-corrected chi connectivity index (χ4v) is 5.03. The third kappa shape index (κ3) is 1.51. The van der Waals surface area contributed by atoms with E-state index in [1.807, 2.05) is 6.92 Å². The van der Waals surface area contributed by atoms with Crippen molar-refractivity contribution in [3.05, 3.63) is 0 Å². The standard InChI is InChI=1S/C14H22N2O2S/c1-12(2)13(3)4-5-14(12,8-9(13)17)10(18)16-11-15-6-7-19-11/h11,15H,4-8H2,1-3H3,(H,16,18). The highest BCUT2D eigenvalue weighted by Crippen LogP contribution is 2.70. The van der Waals surface area contributed by atoms with Gasteiger partial charge < -0.3 is 5.32 Å². The van der Waals surface area contributed by atoms with E-state index >= 15 is 0 Å². The Morgan fingerprint density at radius 3 is 2.58 bits per heavy atom. The molecule has 1 amide bonds. The highest BCUT2D eigenvalue weighted by molar-refractivity contribution is 8.00. The van der Waals surface area contributed by atoms with Crippen molar-refractivity contribution in [2.24, 2.45) is 16.2 Å². The van der Waals surface area contributed by atoms with E-state index in [0.29, 0.717) is 6.42 Å². The van der Waals surface area contributed by atoms with E-state index in [9.17, 15) is 9.59 Å². The molecule has 2 aliphatic carbocycles. The first-order valence-corrected chi connectivity index (χ1v) is 8.08. The van der Waals surface area contributed by atoms with Gasteiger partial charge in [-0.15, -0.1) is 11.8 Å². The fourth-order valence-electron chi connectivity index (χ4n) is 4.14. The zero-order valence-electron chi connectivity index (χ0n) is 11.8. The number of nitrogens with one attached hydrogen (secondary N) is 2. The van der Waals surface area contributed by atoms with Crippen LogP contribution in [-0.2, 0) is 9.59 Å². The molecule has 0 radical (unpaired) electrons. The lowest BCUT2D eigenvalue weighted by atomic mass is 9.64. The second kappa shape index (κ2) is 3.98. The van der Waals surface area contributed by atoms with Crippen LogP contribution in [0.5, 0.6) is 0 Å². The highest BCUT2D eigenvalue weighted by Gasteiger charge is 2.72. The third-order valence-electron chi connectivity index (χ3n) is 6.12. The van der Waals surface area contributed by atoms with Crippen LogP contribution in [0.4, 0.5) is 0 Å². The minimum atomic E-state index is -0.496. The van der Waals surface area contributed by atoms with Crippen LogP contribution in [0.2, 0.25) is 0 Å². The maximum absolute atomic E-state index is 12.8. The summed E-state index contributed by atoms with van der Waals surface area (Å²) < 4.78 is 0. The van der Waals surface area contributed by atoms with Crippen LogP contribution in [0.25, 0.3) is 0 Å². The number of ketones is 1. The van der Waals surface area contributed by atoms with E-state index in [4.69, 9.17) is 0 Å². The SMILES string of the molecule is CC12CCC(C(=O)NC3NCCS3)(CC1=O)C2(C)C. The summed E-state index contributed by atoms with van der Waals surface area (Å²) in [5, 5.41) is 6.35. The molecule has 0 aromatic rings. The summed E-state index contributed by atoms with van der Waals surface area (Å²) in [4.78, 5) is 25.1. The molecular weight excluding hydrogens is 260 g/mol. The van der Waals surface area contributed by atoms with Crippen LogP contribution >= 0.6 is 11.8 Å². The number of rotatable bonds is 2. The summed E-state index contributed by atoms with van der Waals surface area (Å²) in [6.45, 7) is 7.17. The van der Waals surface area contributed by atoms with Gasteiger partial charge in [0.1, 0.15) is 11.3 Å². The Labute approximate surface area is 118 Å². The lowest BCUT2D eigenvalue weighted by molar-refractivity contribution is -0.137. The van der Waals surface area contributed by atoms with Crippen LogP contribution in [0, 0.1) is 16.2 Å². The summed E-state index contributed by atoms with van der Waals surface area (Å²) >= 11 is 1.72. The number of hydrogen-bond acceptors (Lipinski definition) is 4. The highest BCUT2D eigenvalue weighted by atomic mass is 32.2. The van der Waals surface area contributed by atoms with Gasteiger partial charge >= 0.3 is 0 Å². The molecule has 106 valence electrons. The monoisotopic (exact) mass is 282 g/mol. The third-order valence-corrected chi connectivity index (χ3v) is 7.18. The number of hydrogen-bond donors (Lipinski definition) is 2. The van der Waals surface area contributed by atoms with Crippen molar-refractivity contribution in [3.63, 3.8) is 0 Å². The number of Topliss-reactive ketones (excluding diaryl/α,β-unsaturated/α-hetero) is 1. The molecule has 4 nitrogen and oxygen atoms in total. The van der Waals surface area contributed by atoms with Gasteiger partial charge in [0.05, 0.1) is 5.41 Å². The van der Waals surface area contributed by atoms with Gasteiger partial charge in [0.25, 0.3) is 0 Å². The Kier molecular flexibility index (Phi) is 2.81. The van der Waals surface area contributed by atoms with Crippen molar-refractivity contribution in [1.29, 1.82) is 0 Å².